The van der Waals surface area contributed by atoms with Crippen molar-refractivity contribution in [2.24, 2.45) is 5.92 Å². The normalized spacial score (nSPS) is 16.5. The number of carbonyl (C=O) groups excluding carboxylic acids is 3. The number of fused-ring (bicyclic) bond motifs is 1. The van der Waals surface area contributed by atoms with E-state index in [0.717, 1.165) is 15.9 Å². The lowest BCUT2D eigenvalue weighted by atomic mass is 9.99. The van der Waals surface area contributed by atoms with Crippen LogP contribution in [0.5, 0.6) is 0 Å². The maximum atomic E-state index is 13.5. The zero-order valence-electron chi connectivity index (χ0n) is 20.3. The minimum absolute atomic E-state index is 0.00898. The van der Waals surface area contributed by atoms with Crippen molar-refractivity contribution in [3.8, 4) is 0 Å². The molecule has 0 N–H and O–H groups in total. The van der Waals surface area contributed by atoms with Crippen LogP contribution in [0.1, 0.15) is 30.5 Å². The summed E-state index contributed by atoms with van der Waals surface area (Å²) < 4.78 is 52.0. The second-order valence-electron chi connectivity index (χ2n) is 8.47. The summed E-state index contributed by atoms with van der Waals surface area (Å²) in [4.78, 5) is 53.3. The van der Waals surface area contributed by atoms with Gasteiger partial charge in [0.05, 0.1) is 30.8 Å². The van der Waals surface area contributed by atoms with Gasteiger partial charge in [-0.1, -0.05) is 12.1 Å². The van der Waals surface area contributed by atoms with E-state index in [1.165, 1.54) is 35.8 Å². The van der Waals surface area contributed by atoms with Gasteiger partial charge in [0.2, 0.25) is 5.91 Å². The van der Waals surface area contributed by atoms with Gasteiger partial charge in [-0.05, 0) is 50.1 Å². The highest BCUT2D eigenvalue weighted by atomic mass is 19.4. The summed E-state index contributed by atoms with van der Waals surface area (Å²) in [7, 11) is 0. The monoisotopic (exact) mass is 519 g/mol. The predicted molar refractivity (Wildman–Crippen MR) is 126 cm³/mol. The van der Waals surface area contributed by atoms with Gasteiger partial charge in [0.25, 0.3) is 0 Å². The van der Waals surface area contributed by atoms with Crippen LogP contribution in [0.25, 0.3) is 11.1 Å². The Labute approximate surface area is 209 Å². The van der Waals surface area contributed by atoms with E-state index < -0.39 is 47.9 Å². The van der Waals surface area contributed by atoms with E-state index in [2.05, 4.69) is 0 Å². The van der Waals surface area contributed by atoms with Gasteiger partial charge in [0.15, 0.2) is 11.5 Å². The molecule has 1 unspecified atom stereocenters. The molecule has 1 atom stereocenters. The van der Waals surface area contributed by atoms with Crippen LogP contribution in [0.3, 0.4) is 0 Å². The maximum Gasteiger partial charge on any atom is 0.419 e. The number of aromatic nitrogens is 1. The van der Waals surface area contributed by atoms with Gasteiger partial charge >= 0.3 is 23.9 Å². The van der Waals surface area contributed by atoms with Gasteiger partial charge in [-0.15, -0.1) is 0 Å². The average Bonchev–Trinajstić information content (AvgIpc) is 3.16. The third kappa shape index (κ3) is 4.70. The summed E-state index contributed by atoms with van der Waals surface area (Å²) in [6.07, 6.45) is -4.62. The van der Waals surface area contributed by atoms with Crippen molar-refractivity contribution < 1.29 is 36.7 Å². The molecule has 0 spiro atoms. The Morgan fingerprint density at radius 1 is 1.14 bits per heavy atom. The highest BCUT2D eigenvalue weighted by Gasteiger charge is 2.44. The van der Waals surface area contributed by atoms with Crippen molar-refractivity contribution in [3.63, 3.8) is 0 Å². The molecule has 3 amide bonds. The van der Waals surface area contributed by atoms with Gasteiger partial charge in [-0.2, -0.15) is 13.2 Å². The molecule has 0 saturated carbocycles. The van der Waals surface area contributed by atoms with Crippen LogP contribution in [-0.2, 0) is 33.6 Å². The Kier molecular flexibility index (Phi) is 6.85. The molecule has 196 valence electrons. The lowest BCUT2D eigenvalue weighted by Gasteiger charge is -2.37. The van der Waals surface area contributed by atoms with Crippen molar-refractivity contribution in [2.75, 3.05) is 18.1 Å². The summed E-state index contributed by atoms with van der Waals surface area (Å²) in [5.41, 5.74) is 0.00725. The Balaban J connectivity index is 1.76. The number of nitrogens with zero attached hydrogens (tertiary/aromatic N) is 3. The number of benzene rings is 2. The van der Waals surface area contributed by atoms with Gasteiger partial charge < -0.3 is 9.15 Å². The molecule has 2 aromatic carbocycles. The van der Waals surface area contributed by atoms with Crippen molar-refractivity contribution in [3.05, 3.63) is 63.6 Å². The van der Waals surface area contributed by atoms with Crippen molar-refractivity contribution in [1.29, 1.82) is 0 Å². The Hall–Kier alpha value is -4.09. The summed E-state index contributed by atoms with van der Waals surface area (Å²) in [5.74, 6) is -3.71. The zero-order chi connectivity index (χ0) is 27.1. The van der Waals surface area contributed by atoms with Crippen LogP contribution >= 0.6 is 0 Å². The predicted octanol–water partition coefficient (Wildman–Crippen LogP) is 4.09. The summed E-state index contributed by atoms with van der Waals surface area (Å²) >= 11 is 0. The minimum atomic E-state index is -4.62. The van der Waals surface area contributed by atoms with Crippen LogP contribution in [0.2, 0.25) is 0 Å². The number of oxazole rings is 1. The molecule has 0 radical (unpaired) electrons. The summed E-state index contributed by atoms with van der Waals surface area (Å²) in [6, 6.07) is 7.20. The first-order valence-electron chi connectivity index (χ1n) is 11.6. The third-order valence-electron chi connectivity index (χ3n) is 6.32. The first-order valence-corrected chi connectivity index (χ1v) is 11.6. The van der Waals surface area contributed by atoms with Gasteiger partial charge in [0.1, 0.15) is 0 Å². The zero-order valence-corrected chi connectivity index (χ0v) is 20.3. The molecule has 0 aliphatic carbocycles. The van der Waals surface area contributed by atoms with E-state index in [-0.39, 0.29) is 35.5 Å². The molecular weight excluding hydrogens is 495 g/mol. The number of aryl methyl sites for hydroxylation is 1. The smallest absolute Gasteiger partial charge is 0.419 e. The molecule has 4 rings (SSSR count). The molecule has 1 aliphatic heterocycles. The SMILES string of the molecule is CCOC(=O)C1CN(c2ccc3c(c2)oc(=O)n3CC)C(=O)N(Cc2cccc(C(F)(F)F)c2C)C1=O. The quantitative estimate of drug-likeness (QED) is 0.359. The van der Waals surface area contributed by atoms with E-state index in [1.54, 1.807) is 19.9 Å². The molecular formula is C25H24F3N3O6. The number of rotatable bonds is 6. The Bertz CT molecular complexity index is 1440. The maximum absolute atomic E-state index is 13.5. The third-order valence-corrected chi connectivity index (χ3v) is 6.32. The molecule has 2 heterocycles. The van der Waals surface area contributed by atoms with Crippen LogP contribution in [0.15, 0.2) is 45.6 Å². The number of ether oxygens (including phenoxy) is 1. The number of urea groups is 1. The number of hydrogen-bond acceptors (Lipinski definition) is 6. The molecule has 1 saturated heterocycles. The lowest BCUT2D eigenvalue weighted by Crippen LogP contribution is -2.58. The van der Waals surface area contributed by atoms with E-state index in [0.29, 0.717) is 12.1 Å². The highest BCUT2D eigenvalue weighted by molar-refractivity contribution is 6.12. The fraction of sp³-hybridized carbons (Fsp3) is 0.360. The minimum Gasteiger partial charge on any atom is -0.465 e. The number of halogens is 3. The van der Waals surface area contributed by atoms with Crippen LogP contribution < -0.4 is 10.7 Å². The molecule has 9 nitrogen and oxygen atoms in total. The molecule has 12 heteroatoms. The number of hydrogen-bond donors (Lipinski definition) is 0. The van der Waals surface area contributed by atoms with E-state index in [1.807, 2.05) is 0 Å². The Morgan fingerprint density at radius 3 is 2.51 bits per heavy atom. The summed E-state index contributed by atoms with van der Waals surface area (Å²) in [6.45, 7) is 4.10. The molecule has 1 fully saturated rings. The first kappa shape index (κ1) is 26.0. The second-order valence-corrected chi connectivity index (χ2v) is 8.47. The Morgan fingerprint density at radius 2 is 1.86 bits per heavy atom. The second kappa shape index (κ2) is 9.75. The molecule has 1 aromatic heterocycles. The number of amides is 3. The van der Waals surface area contributed by atoms with E-state index in [9.17, 15) is 32.3 Å². The van der Waals surface area contributed by atoms with Gasteiger partial charge in [-0.3, -0.25) is 24.0 Å². The number of esters is 1. The van der Waals surface area contributed by atoms with Crippen molar-refractivity contribution in [2.45, 2.75) is 40.0 Å². The average molecular weight is 519 g/mol. The first-order chi connectivity index (χ1) is 17.5. The standard InChI is InChI=1S/C25H24F3N3O6/c1-4-29-19-10-9-16(11-20(19)37-24(29)35)30-13-17(22(33)36-5-2)21(32)31(23(30)34)12-15-7-6-8-18(14(15)3)25(26,27)28/h6-11,17H,4-5,12-13H2,1-3H3. The molecule has 0 bridgehead atoms. The van der Waals surface area contributed by atoms with Crippen molar-refractivity contribution in [1.82, 2.24) is 9.47 Å². The molecule has 3 aromatic rings. The van der Waals surface area contributed by atoms with Crippen molar-refractivity contribution >= 4 is 34.7 Å². The topological polar surface area (TPSA) is 102 Å². The van der Waals surface area contributed by atoms with Crippen LogP contribution in [0.4, 0.5) is 23.7 Å². The molecule has 37 heavy (non-hydrogen) atoms. The van der Waals surface area contributed by atoms with Gasteiger partial charge in [-0.25, -0.2) is 9.59 Å². The van der Waals surface area contributed by atoms with Gasteiger partial charge in [0, 0.05) is 18.3 Å². The largest absolute Gasteiger partial charge is 0.465 e. The van der Waals surface area contributed by atoms with Crippen LogP contribution in [0, 0.1) is 12.8 Å². The van der Waals surface area contributed by atoms with Crippen LogP contribution in [-0.4, -0.2) is 40.5 Å². The fourth-order valence-electron chi connectivity index (χ4n) is 4.40. The number of carbonyl (C=O) groups is 3. The summed E-state index contributed by atoms with van der Waals surface area (Å²) in [5, 5.41) is 0. The number of imide groups is 1. The molecule has 1 aliphatic rings. The number of alkyl halides is 3. The number of anilines is 1. The fourth-order valence-corrected chi connectivity index (χ4v) is 4.40. The lowest BCUT2D eigenvalue weighted by molar-refractivity contribution is -0.154. The van der Waals surface area contributed by atoms with E-state index >= 15 is 0 Å². The van der Waals surface area contributed by atoms with E-state index in [4.69, 9.17) is 9.15 Å². The highest BCUT2D eigenvalue weighted by Crippen LogP contribution is 2.34.